The van der Waals surface area contributed by atoms with Crippen LogP contribution in [0.1, 0.15) is 61.8 Å². The van der Waals surface area contributed by atoms with Crippen LogP contribution in [-0.4, -0.2) is 262 Å². The quantitative estimate of drug-likeness (QED) is 0.0250. The molecule has 0 aromatic carbocycles. The third kappa shape index (κ3) is 66.3. The number of hydrogen-bond donors (Lipinski definition) is 4. The van der Waals surface area contributed by atoms with E-state index in [9.17, 15) is 10.2 Å². The molecular weight excluding hydrogens is 1870 g/mol. The van der Waals surface area contributed by atoms with Gasteiger partial charge in [-0.2, -0.15) is 0 Å². The van der Waals surface area contributed by atoms with Gasteiger partial charge in [0.25, 0.3) is 0 Å². The van der Waals surface area contributed by atoms with E-state index in [2.05, 4.69) is 301 Å². The van der Waals surface area contributed by atoms with Crippen molar-refractivity contribution < 1.29 is 112 Å². The van der Waals surface area contributed by atoms with Gasteiger partial charge in [-0.15, -0.1) is 0 Å². The molecule has 0 saturated heterocycles. The van der Waals surface area contributed by atoms with Crippen LogP contribution in [0.15, 0.2) is 0 Å². The normalized spacial score (nSPS) is 14.8. The van der Waals surface area contributed by atoms with Gasteiger partial charge in [0, 0.05) is 33.0 Å². The Morgan fingerprint density at radius 2 is 0.276 bits per heavy atom. The Hall–Kier alpha value is 3.95. The Balaban J connectivity index is -0.00000115. The average Bonchev–Trinajstić information content (AvgIpc) is 0.754. The number of ether oxygens (including phenoxy) is 2. The van der Waals surface area contributed by atoms with Gasteiger partial charge < -0.3 is 112 Å². The van der Waals surface area contributed by atoms with Crippen LogP contribution in [-0.2, 0) is 91.8 Å². The fraction of sp³-hybridized carbons (Fsp3) is 1.00. The molecule has 0 radical (unpaired) electrons. The number of aliphatic hydroxyl groups is 4. The minimum atomic E-state index is -2.88. The molecular formula is C67H192O26Si23. The van der Waals surface area contributed by atoms with Crippen molar-refractivity contribution in [1.29, 1.82) is 0 Å². The second-order valence-corrected chi connectivity index (χ2v) is 129. The van der Waals surface area contributed by atoms with Gasteiger partial charge in [0.15, 0.2) is 41.6 Å². The predicted octanol–water partition coefficient (Wildman–Crippen LogP) is 21.5. The van der Waals surface area contributed by atoms with E-state index >= 15 is 0 Å². The molecule has 0 spiro atoms. The third-order valence-corrected chi connectivity index (χ3v) is 104. The smallest absolute Gasteiger partial charge is 0.314 e. The summed E-state index contributed by atoms with van der Waals surface area (Å²) in [7, 11) is -58.1. The first-order chi connectivity index (χ1) is 49.1. The highest BCUT2D eigenvalue weighted by Gasteiger charge is 2.55. The van der Waals surface area contributed by atoms with Gasteiger partial charge in [0.1, 0.15) is 6.79 Å². The molecule has 0 saturated carbocycles. The van der Waals surface area contributed by atoms with Crippen molar-refractivity contribution in [3.63, 3.8) is 0 Å². The summed E-state index contributed by atoms with van der Waals surface area (Å²) < 4.78 is 148. The largest absolute Gasteiger partial charge is 0.437 e. The van der Waals surface area contributed by atoms with Crippen LogP contribution in [0.3, 0.4) is 0 Å². The van der Waals surface area contributed by atoms with E-state index in [1.165, 1.54) is 0 Å². The Kier molecular flexibility index (Phi) is 56.9. The first-order valence-corrected chi connectivity index (χ1v) is 107. The molecule has 0 atom stereocenters. The van der Waals surface area contributed by atoms with E-state index in [0.717, 1.165) is 62.3 Å². The van der Waals surface area contributed by atoms with Crippen LogP contribution >= 0.6 is 0 Å². The molecule has 0 rings (SSSR count). The molecule has 708 valence electrons. The molecule has 0 fully saturated rings. The molecule has 0 aromatic rings. The standard InChI is InChI=1S/C51H144O22Si20.C12H32O4Si3.4CH4/c1-74(2,47-41-44-52)56-78(9,10)57-76(5,6)49-43-46-54-50-55-51-77(7,8)59-80(13,14)61-82(17,18)63-84(21,22)65-86(25,26)67-88(29,30)69-90(33,34)71-92(37,38)73-93(39,40)72-91(35,36)70-89(31,32)68-87(27,28)66-85(23,24)64-83(19,20)62-81(15,16)60-79(11,12)58-75(3,4)48-42-45-53;1-17(2,11-7-9-13)15-19(5,6)16-18(3,4)12-8-10-14;;;;/h52-53H,41-51H2,1-40H3;13-14H,7-12H2,1-6H3;4*1H4. The van der Waals surface area contributed by atoms with Gasteiger partial charge in [-0.25, -0.2) is 0 Å². The second-order valence-electron chi connectivity index (χ2n) is 41.2. The first kappa shape index (κ1) is 131. The highest BCUT2D eigenvalue weighted by molar-refractivity contribution is 6.96. The van der Waals surface area contributed by atoms with E-state index < -0.39 is 195 Å². The van der Waals surface area contributed by atoms with Crippen LogP contribution in [0.5, 0.6) is 0 Å². The van der Waals surface area contributed by atoms with Crippen LogP contribution in [0.25, 0.3) is 0 Å². The Bertz CT molecular complexity index is 2690. The maximum absolute atomic E-state index is 9.43. The zero-order valence-electron chi connectivity index (χ0n) is 80.3. The van der Waals surface area contributed by atoms with E-state index in [1.807, 2.05) is 0 Å². The molecule has 0 heterocycles. The molecule has 0 aliphatic rings. The summed E-state index contributed by atoms with van der Waals surface area (Å²) in [6, 6.07) is 4.72. The lowest BCUT2D eigenvalue weighted by Crippen LogP contribution is -2.63. The number of rotatable bonds is 60. The summed E-state index contributed by atoms with van der Waals surface area (Å²) >= 11 is 0. The van der Waals surface area contributed by atoms with Crippen LogP contribution in [0.2, 0.25) is 331 Å². The molecule has 0 bridgehead atoms. The minimum Gasteiger partial charge on any atom is -0.437 e. The minimum absolute atomic E-state index is 0. The maximum atomic E-state index is 9.43. The third-order valence-electron chi connectivity index (χ3n) is 15.4. The molecule has 116 heavy (non-hydrogen) atoms. The molecule has 26 nitrogen and oxygen atoms in total. The van der Waals surface area contributed by atoms with Gasteiger partial charge >= 0.3 is 146 Å². The van der Waals surface area contributed by atoms with Gasteiger partial charge in [0.05, 0.1) is 6.23 Å². The van der Waals surface area contributed by atoms with Gasteiger partial charge in [-0.3, -0.25) is 0 Å². The summed E-state index contributed by atoms with van der Waals surface area (Å²) in [5, 5.41) is 36.6. The van der Waals surface area contributed by atoms with E-state index in [1.54, 1.807) is 0 Å². The lowest BCUT2D eigenvalue weighted by Gasteiger charge is -2.45. The molecule has 0 aliphatic carbocycles. The SMILES string of the molecule is C.C.C.C.C[Si](C)(CCCO)O[Si](C)(C)O[Si](C)(C)CCCO.C[Si](C)(CCCO)O[Si](C)(C)O[Si](C)(C)CCCOCOC[Si](C)(C)O[Si](C)(C)O[Si](C)(C)O[Si](C)(C)O[Si](C)(C)O[Si](C)(C)O[Si](C)(C)O[Si](C)(C)O[Si](C)(C)O[Si](C)(C)O[Si](C)(C)O[Si](C)(C)O[Si](C)(C)O[Si](C)(C)O[Si](C)(C)O[Si](C)(C)O[Si](C)(C)CCCO. The summed E-state index contributed by atoms with van der Waals surface area (Å²) in [6.45, 7) is 98.4. The fourth-order valence-corrected chi connectivity index (χ4v) is 131. The Labute approximate surface area is 740 Å². The van der Waals surface area contributed by atoms with E-state index in [0.29, 0.717) is 12.8 Å². The Morgan fingerprint density at radius 3 is 0.422 bits per heavy atom. The summed E-state index contributed by atoms with van der Waals surface area (Å²) in [5.74, 6) is 0. The molecule has 0 unspecified atom stereocenters. The van der Waals surface area contributed by atoms with Gasteiger partial charge in [0.2, 0.25) is 8.32 Å². The zero-order chi connectivity index (χ0) is 89.1. The van der Waals surface area contributed by atoms with Crippen molar-refractivity contribution in [2.75, 3.05) is 46.1 Å². The number of hydrogen-bond acceptors (Lipinski definition) is 26. The van der Waals surface area contributed by atoms with Crippen LogP contribution in [0, 0.1) is 0 Å². The van der Waals surface area contributed by atoms with E-state index in [4.69, 9.17) is 102 Å². The molecule has 0 amide bonds. The second kappa shape index (κ2) is 50.5. The fourth-order valence-electron chi connectivity index (χ4n) is 15.9. The van der Waals surface area contributed by atoms with Crippen LogP contribution in [0.4, 0.5) is 0 Å². The predicted molar refractivity (Wildman–Crippen MR) is 543 cm³/mol. The molecule has 49 heteroatoms. The topological polar surface area (TPSA) is 284 Å². The summed E-state index contributed by atoms with van der Waals surface area (Å²) in [4.78, 5) is 0. The molecule has 0 aromatic heterocycles. The highest BCUT2D eigenvalue weighted by Crippen LogP contribution is 2.36. The van der Waals surface area contributed by atoms with Crippen molar-refractivity contribution >= 4 is 195 Å². The Morgan fingerprint density at radius 1 is 0.155 bits per heavy atom. The lowest BCUT2D eigenvalue weighted by atomic mass is 10.5. The first-order valence-electron chi connectivity index (χ1n) is 40.7. The summed E-state index contributed by atoms with van der Waals surface area (Å²) in [5.41, 5.74) is 0. The summed E-state index contributed by atoms with van der Waals surface area (Å²) in [6.07, 6.45) is 4.50. The van der Waals surface area contributed by atoms with Gasteiger partial charge in [-0.1, -0.05) is 29.7 Å². The van der Waals surface area contributed by atoms with E-state index in [-0.39, 0.29) is 62.9 Å². The highest BCUT2D eigenvalue weighted by atomic mass is 28.6. The van der Waals surface area contributed by atoms with Crippen molar-refractivity contribution in [2.24, 2.45) is 0 Å². The van der Waals surface area contributed by atoms with Gasteiger partial charge in [-0.05, 0) is 363 Å². The van der Waals surface area contributed by atoms with Crippen molar-refractivity contribution in [3.05, 3.63) is 0 Å². The van der Waals surface area contributed by atoms with Crippen molar-refractivity contribution in [3.8, 4) is 0 Å². The number of aliphatic hydroxyl groups excluding tert-OH is 4. The van der Waals surface area contributed by atoms with Crippen molar-refractivity contribution in [1.82, 2.24) is 0 Å². The lowest BCUT2D eigenvalue weighted by molar-refractivity contribution is -0.0417. The monoisotopic (exact) mass is 2060 g/mol. The maximum Gasteiger partial charge on any atom is 0.314 e. The molecule has 0 aliphatic heterocycles. The average molecular weight is 2060 g/mol. The zero-order valence-corrected chi connectivity index (χ0v) is 103. The van der Waals surface area contributed by atoms with Crippen molar-refractivity contribution in [2.45, 2.75) is 393 Å². The molecule has 4 N–H and O–H groups in total. The van der Waals surface area contributed by atoms with Crippen LogP contribution < -0.4 is 0 Å².